The van der Waals surface area contributed by atoms with Crippen molar-refractivity contribution in [1.29, 1.82) is 0 Å². The third-order valence-corrected chi connectivity index (χ3v) is 3.72. The van der Waals surface area contributed by atoms with Crippen LogP contribution in [0.5, 0.6) is 5.75 Å². The molecule has 100 valence electrons. The minimum absolute atomic E-state index is 0.0589. The molecule has 0 bridgehead atoms. The van der Waals surface area contributed by atoms with Crippen molar-refractivity contribution in [2.24, 2.45) is 11.7 Å². The Kier molecular flexibility index (Phi) is 4.61. The largest absolute Gasteiger partial charge is 0.496 e. The first-order valence-corrected chi connectivity index (χ1v) is 6.68. The molecule has 2 rings (SSSR count). The van der Waals surface area contributed by atoms with Crippen molar-refractivity contribution in [2.45, 2.75) is 32.2 Å². The van der Waals surface area contributed by atoms with Crippen LogP contribution in [0.3, 0.4) is 0 Å². The summed E-state index contributed by atoms with van der Waals surface area (Å²) in [6.07, 6.45) is 3.27. The van der Waals surface area contributed by atoms with E-state index in [-0.39, 0.29) is 6.04 Å². The fraction of sp³-hybridized carbons (Fsp3) is 0.600. The first-order valence-electron chi connectivity index (χ1n) is 6.68. The van der Waals surface area contributed by atoms with E-state index < -0.39 is 0 Å². The van der Waals surface area contributed by atoms with Gasteiger partial charge in [-0.1, -0.05) is 12.1 Å². The van der Waals surface area contributed by atoms with Crippen molar-refractivity contribution >= 4 is 0 Å². The lowest BCUT2D eigenvalue weighted by molar-refractivity contribution is 0.0618. The number of hydrogen-bond acceptors (Lipinski definition) is 3. The van der Waals surface area contributed by atoms with Crippen molar-refractivity contribution in [1.82, 2.24) is 0 Å². The standard InChI is InChI=1S/C15H23NO2/c1-11-3-4-13(15(9-11)17-2)14(16)10-12-5-7-18-8-6-12/h3-4,9,12,14H,5-8,10,16H2,1-2H3. The Bertz CT molecular complexity index is 386. The number of methoxy groups -OCH3 is 1. The Morgan fingerprint density at radius 3 is 2.78 bits per heavy atom. The molecule has 0 amide bonds. The molecule has 0 spiro atoms. The summed E-state index contributed by atoms with van der Waals surface area (Å²) < 4.78 is 10.8. The van der Waals surface area contributed by atoms with Crippen LogP contribution in [0, 0.1) is 12.8 Å². The summed E-state index contributed by atoms with van der Waals surface area (Å²) in [7, 11) is 1.71. The number of rotatable bonds is 4. The van der Waals surface area contributed by atoms with Gasteiger partial charge in [0.25, 0.3) is 0 Å². The second kappa shape index (κ2) is 6.21. The van der Waals surface area contributed by atoms with Crippen LogP contribution in [0.4, 0.5) is 0 Å². The van der Waals surface area contributed by atoms with Gasteiger partial charge in [0.05, 0.1) is 7.11 Å². The lowest BCUT2D eigenvalue weighted by Gasteiger charge is -2.25. The fourth-order valence-corrected chi connectivity index (χ4v) is 2.59. The van der Waals surface area contributed by atoms with E-state index in [0.717, 1.165) is 43.8 Å². The molecule has 18 heavy (non-hydrogen) atoms. The molecule has 1 atom stereocenters. The van der Waals surface area contributed by atoms with Crippen molar-refractivity contribution < 1.29 is 9.47 Å². The highest BCUT2D eigenvalue weighted by molar-refractivity contribution is 5.39. The predicted octanol–water partition coefficient (Wildman–Crippen LogP) is 2.82. The lowest BCUT2D eigenvalue weighted by atomic mass is 9.89. The number of ether oxygens (including phenoxy) is 2. The van der Waals surface area contributed by atoms with Gasteiger partial charge in [-0.15, -0.1) is 0 Å². The van der Waals surface area contributed by atoms with Gasteiger partial charge >= 0.3 is 0 Å². The Hall–Kier alpha value is -1.06. The van der Waals surface area contributed by atoms with Crippen molar-refractivity contribution in [3.8, 4) is 5.75 Å². The molecule has 1 heterocycles. The highest BCUT2D eigenvalue weighted by atomic mass is 16.5. The molecule has 0 aromatic heterocycles. The molecule has 1 aliphatic heterocycles. The highest BCUT2D eigenvalue weighted by Crippen LogP contribution is 2.31. The van der Waals surface area contributed by atoms with Gasteiger partial charge in [-0.2, -0.15) is 0 Å². The Balaban J connectivity index is 2.05. The average Bonchev–Trinajstić information content (AvgIpc) is 2.39. The highest BCUT2D eigenvalue weighted by Gasteiger charge is 2.20. The molecule has 1 saturated heterocycles. The molecular formula is C15H23NO2. The molecule has 1 fully saturated rings. The smallest absolute Gasteiger partial charge is 0.123 e. The maximum absolute atomic E-state index is 6.33. The van der Waals surface area contributed by atoms with E-state index in [9.17, 15) is 0 Å². The van der Waals surface area contributed by atoms with Gasteiger partial charge in [-0.05, 0) is 43.7 Å². The quantitative estimate of drug-likeness (QED) is 0.892. The summed E-state index contributed by atoms with van der Waals surface area (Å²) in [5.41, 5.74) is 8.65. The zero-order valence-electron chi connectivity index (χ0n) is 11.3. The minimum atomic E-state index is 0.0589. The number of nitrogens with two attached hydrogens (primary N) is 1. The van der Waals surface area contributed by atoms with Gasteiger partial charge in [0.15, 0.2) is 0 Å². The Morgan fingerprint density at radius 1 is 1.39 bits per heavy atom. The van der Waals surface area contributed by atoms with Crippen LogP contribution in [0.2, 0.25) is 0 Å². The van der Waals surface area contributed by atoms with E-state index in [4.69, 9.17) is 15.2 Å². The molecule has 1 aromatic carbocycles. The van der Waals surface area contributed by atoms with Crippen LogP contribution in [-0.4, -0.2) is 20.3 Å². The zero-order chi connectivity index (χ0) is 13.0. The van der Waals surface area contributed by atoms with Crippen LogP contribution in [0.15, 0.2) is 18.2 Å². The topological polar surface area (TPSA) is 44.5 Å². The van der Waals surface area contributed by atoms with E-state index in [1.54, 1.807) is 7.11 Å². The van der Waals surface area contributed by atoms with Crippen molar-refractivity contribution in [3.63, 3.8) is 0 Å². The van der Waals surface area contributed by atoms with Crippen LogP contribution >= 0.6 is 0 Å². The van der Waals surface area contributed by atoms with Crippen LogP contribution < -0.4 is 10.5 Å². The molecule has 2 N–H and O–H groups in total. The molecule has 0 saturated carbocycles. The van der Waals surface area contributed by atoms with Gasteiger partial charge in [0.2, 0.25) is 0 Å². The second-order valence-electron chi connectivity index (χ2n) is 5.14. The average molecular weight is 249 g/mol. The van der Waals surface area contributed by atoms with E-state index in [1.807, 2.05) is 0 Å². The molecule has 0 radical (unpaired) electrons. The van der Waals surface area contributed by atoms with Gasteiger partial charge < -0.3 is 15.2 Å². The van der Waals surface area contributed by atoms with Gasteiger partial charge in [-0.25, -0.2) is 0 Å². The zero-order valence-corrected chi connectivity index (χ0v) is 11.3. The van der Waals surface area contributed by atoms with Crippen LogP contribution in [-0.2, 0) is 4.74 Å². The predicted molar refractivity (Wildman–Crippen MR) is 72.8 cm³/mol. The van der Waals surface area contributed by atoms with Crippen LogP contribution in [0.25, 0.3) is 0 Å². The minimum Gasteiger partial charge on any atom is -0.496 e. The summed E-state index contributed by atoms with van der Waals surface area (Å²) in [6.45, 7) is 3.82. The molecule has 1 aromatic rings. The van der Waals surface area contributed by atoms with E-state index in [2.05, 4.69) is 25.1 Å². The molecule has 0 aliphatic carbocycles. The molecular weight excluding hydrogens is 226 g/mol. The van der Waals surface area contributed by atoms with Gasteiger partial charge in [-0.3, -0.25) is 0 Å². The second-order valence-corrected chi connectivity index (χ2v) is 5.14. The number of hydrogen-bond donors (Lipinski definition) is 1. The van der Waals surface area contributed by atoms with Gasteiger partial charge in [0.1, 0.15) is 5.75 Å². The van der Waals surface area contributed by atoms with Crippen molar-refractivity contribution in [3.05, 3.63) is 29.3 Å². The number of aryl methyl sites for hydroxylation is 1. The Morgan fingerprint density at radius 2 is 2.11 bits per heavy atom. The third-order valence-electron chi connectivity index (χ3n) is 3.72. The van der Waals surface area contributed by atoms with Gasteiger partial charge in [0, 0.05) is 24.8 Å². The van der Waals surface area contributed by atoms with E-state index in [0.29, 0.717) is 5.92 Å². The summed E-state index contributed by atoms with van der Waals surface area (Å²) >= 11 is 0. The summed E-state index contributed by atoms with van der Waals surface area (Å²) in [5, 5.41) is 0. The first-order chi connectivity index (χ1) is 8.70. The fourth-order valence-electron chi connectivity index (χ4n) is 2.59. The first kappa shape index (κ1) is 13.4. The maximum atomic E-state index is 6.33. The normalized spacial score (nSPS) is 18.6. The lowest BCUT2D eigenvalue weighted by Crippen LogP contribution is -2.21. The summed E-state index contributed by atoms with van der Waals surface area (Å²) in [6, 6.07) is 6.31. The van der Waals surface area contributed by atoms with E-state index >= 15 is 0 Å². The monoisotopic (exact) mass is 249 g/mol. The maximum Gasteiger partial charge on any atom is 0.123 e. The van der Waals surface area contributed by atoms with Crippen molar-refractivity contribution in [2.75, 3.05) is 20.3 Å². The van der Waals surface area contributed by atoms with Crippen LogP contribution in [0.1, 0.15) is 36.4 Å². The SMILES string of the molecule is COc1cc(C)ccc1C(N)CC1CCOCC1. The number of benzene rings is 1. The molecule has 3 nitrogen and oxygen atoms in total. The molecule has 1 aliphatic rings. The molecule has 3 heteroatoms. The summed E-state index contributed by atoms with van der Waals surface area (Å²) in [5.74, 6) is 1.59. The Labute approximate surface area is 109 Å². The van der Waals surface area contributed by atoms with E-state index in [1.165, 1.54) is 5.56 Å². The molecule has 1 unspecified atom stereocenters. The summed E-state index contributed by atoms with van der Waals surface area (Å²) in [4.78, 5) is 0. The third kappa shape index (κ3) is 3.24.